The van der Waals surface area contributed by atoms with Crippen LogP contribution in [0.25, 0.3) is 21.8 Å². The molecule has 3 heterocycles. The van der Waals surface area contributed by atoms with Crippen molar-refractivity contribution in [2.45, 2.75) is 54.4 Å². The molecule has 20 heteroatoms. The number of sulfonamides is 1. The maximum Gasteiger partial charge on any atom is 0.417 e. The zero-order valence-corrected chi connectivity index (χ0v) is 27.1. The second kappa shape index (κ2) is 12.1. The number of nitrogens with one attached hydrogen (secondary N) is 2. The maximum absolute atomic E-state index is 15.0. The second-order valence-corrected chi connectivity index (χ2v) is 16.4. The molecule has 1 aliphatic heterocycles. The van der Waals surface area contributed by atoms with Gasteiger partial charge in [-0.15, -0.1) is 11.3 Å². The number of nitrogens with zero attached hydrogens (tertiary/aromatic N) is 3. The van der Waals surface area contributed by atoms with E-state index in [1.54, 1.807) is 4.72 Å². The van der Waals surface area contributed by atoms with Gasteiger partial charge in [-0.2, -0.15) is 26.3 Å². The van der Waals surface area contributed by atoms with Crippen LogP contribution in [0.5, 0.6) is 0 Å². The van der Waals surface area contributed by atoms with Crippen LogP contribution < -0.4 is 10.0 Å². The normalized spacial score (nSPS) is 17.9. The quantitative estimate of drug-likeness (QED) is 0.185. The van der Waals surface area contributed by atoms with Crippen molar-refractivity contribution in [3.8, 4) is 21.8 Å². The van der Waals surface area contributed by atoms with Crippen LogP contribution in [0.3, 0.4) is 0 Å². The molecular weight excluding hydrogens is 731 g/mol. The van der Waals surface area contributed by atoms with Crippen LogP contribution in [0.4, 0.5) is 46.8 Å². The second-order valence-electron chi connectivity index (χ2n) is 11.5. The molecular formula is C29H23F8N5O4S3. The van der Waals surface area contributed by atoms with Crippen molar-refractivity contribution in [1.82, 2.24) is 15.0 Å². The highest BCUT2D eigenvalue weighted by atomic mass is 32.2. The number of anilines is 2. The summed E-state index contributed by atoms with van der Waals surface area (Å²) in [7, 11) is -8.59. The molecule has 4 aromatic rings. The van der Waals surface area contributed by atoms with Crippen LogP contribution >= 0.6 is 11.3 Å². The topological polar surface area (TPSA) is 131 Å². The Morgan fingerprint density at radius 2 is 1.61 bits per heavy atom. The molecule has 0 amide bonds. The van der Waals surface area contributed by atoms with E-state index in [0.29, 0.717) is 29.5 Å². The first kappa shape index (κ1) is 34.9. The summed E-state index contributed by atoms with van der Waals surface area (Å²) in [5, 5.41) is 2.68. The Balaban J connectivity index is 1.41. The number of benzene rings is 2. The van der Waals surface area contributed by atoms with Crippen LogP contribution in [0, 0.1) is 11.6 Å². The molecule has 6 rings (SSSR count). The van der Waals surface area contributed by atoms with Gasteiger partial charge >= 0.3 is 12.4 Å². The van der Waals surface area contributed by atoms with Gasteiger partial charge in [-0.25, -0.2) is 40.6 Å². The fourth-order valence-corrected chi connectivity index (χ4v) is 9.52. The highest BCUT2D eigenvalue weighted by Crippen LogP contribution is 2.61. The molecule has 1 aliphatic carbocycles. The summed E-state index contributed by atoms with van der Waals surface area (Å²) in [4.78, 5) is 11.1. The Morgan fingerprint density at radius 3 is 2.24 bits per heavy atom. The number of rotatable bonds is 8. The Hall–Kier alpha value is -3.91. The van der Waals surface area contributed by atoms with Gasteiger partial charge in [0.1, 0.15) is 36.8 Å². The SMILES string of the molecule is O=S1(=O)CCC(Nc2nccc(-c3sc(C4(C(F)(F)F)CC4)nc3-c3ccc(F)c(NS(=O)(=O)c4c(F)cccc4C(F)(F)F)c3)n2)CC1. The lowest BCUT2D eigenvalue weighted by molar-refractivity contribution is -0.160. The minimum atomic E-state index is -5.41. The number of alkyl halides is 6. The molecule has 2 aromatic heterocycles. The minimum Gasteiger partial charge on any atom is -0.351 e. The number of sulfone groups is 1. The van der Waals surface area contributed by atoms with Crippen LogP contribution in [0.15, 0.2) is 53.6 Å². The first-order valence-electron chi connectivity index (χ1n) is 14.4. The first-order valence-corrected chi connectivity index (χ1v) is 18.5. The average Bonchev–Trinajstić information content (AvgIpc) is 3.72. The van der Waals surface area contributed by atoms with Gasteiger partial charge in [0.15, 0.2) is 0 Å². The highest BCUT2D eigenvalue weighted by molar-refractivity contribution is 7.92. The number of halogens is 8. The van der Waals surface area contributed by atoms with E-state index >= 15 is 0 Å². The zero-order chi connectivity index (χ0) is 35.6. The number of aromatic nitrogens is 3. The smallest absolute Gasteiger partial charge is 0.351 e. The van der Waals surface area contributed by atoms with E-state index in [4.69, 9.17) is 0 Å². The van der Waals surface area contributed by atoms with Crippen LogP contribution in [0.1, 0.15) is 36.3 Å². The first-order chi connectivity index (χ1) is 22.8. The molecule has 1 saturated heterocycles. The van der Waals surface area contributed by atoms with Crippen LogP contribution in [-0.4, -0.2) is 55.5 Å². The number of hydrogen-bond acceptors (Lipinski definition) is 9. The van der Waals surface area contributed by atoms with E-state index in [1.807, 2.05) is 0 Å². The third-order valence-electron chi connectivity index (χ3n) is 8.13. The van der Waals surface area contributed by atoms with E-state index in [0.717, 1.165) is 18.2 Å². The fraction of sp³-hybridized carbons (Fsp3) is 0.345. The molecule has 2 fully saturated rings. The third-order valence-corrected chi connectivity index (χ3v) is 12.6. The van der Waals surface area contributed by atoms with Crippen molar-refractivity contribution in [3.63, 3.8) is 0 Å². The molecule has 0 spiro atoms. The predicted molar refractivity (Wildman–Crippen MR) is 163 cm³/mol. The molecule has 0 unspecified atom stereocenters. The number of thiazole rings is 1. The van der Waals surface area contributed by atoms with Crippen molar-refractivity contribution in [1.29, 1.82) is 0 Å². The Kier molecular flexibility index (Phi) is 8.66. The summed E-state index contributed by atoms with van der Waals surface area (Å²) >= 11 is 0.650. The zero-order valence-electron chi connectivity index (χ0n) is 24.7. The van der Waals surface area contributed by atoms with Gasteiger partial charge < -0.3 is 5.32 Å². The standard InChI is InChI=1S/C29H23F8N5O4S3/c30-18-5-4-15(14-21(18)42-49(45,46)24-17(28(32,33)34)2-1-3-19(24)31)22-23(47-25(41-22)27(9-10-27)29(35,36)37)20-6-11-38-26(40-20)39-16-7-12-48(43,44)13-8-16/h1-6,11,14,16,42H,7-10,12-13H2,(H,38,39,40). The average molecular weight is 754 g/mol. The van der Waals surface area contributed by atoms with Crippen LogP contribution in [0.2, 0.25) is 0 Å². The molecule has 262 valence electrons. The Bertz CT molecular complexity index is 2140. The van der Waals surface area contributed by atoms with Crippen molar-refractivity contribution in [2.75, 3.05) is 21.5 Å². The monoisotopic (exact) mass is 753 g/mol. The van der Waals surface area contributed by atoms with E-state index in [2.05, 4.69) is 20.3 Å². The molecule has 0 radical (unpaired) electrons. The summed E-state index contributed by atoms with van der Waals surface area (Å²) in [6.07, 6.45) is -8.65. The summed E-state index contributed by atoms with van der Waals surface area (Å²) in [6.45, 7) is 0. The van der Waals surface area contributed by atoms with Gasteiger partial charge in [0.2, 0.25) is 5.95 Å². The van der Waals surface area contributed by atoms with Crippen LogP contribution in [-0.2, 0) is 31.5 Å². The molecule has 9 nitrogen and oxygen atoms in total. The van der Waals surface area contributed by atoms with Gasteiger partial charge in [0.25, 0.3) is 10.0 Å². The highest BCUT2D eigenvalue weighted by Gasteiger charge is 2.66. The summed E-state index contributed by atoms with van der Waals surface area (Å²) < 4.78 is 164. The van der Waals surface area contributed by atoms with Gasteiger partial charge in [-0.1, -0.05) is 6.07 Å². The Morgan fingerprint density at radius 1 is 0.918 bits per heavy atom. The largest absolute Gasteiger partial charge is 0.417 e. The van der Waals surface area contributed by atoms with E-state index in [9.17, 15) is 52.0 Å². The van der Waals surface area contributed by atoms with Crippen molar-refractivity contribution in [3.05, 3.63) is 70.9 Å². The lowest BCUT2D eigenvalue weighted by atomic mass is 10.1. The molecule has 1 saturated carbocycles. The fourth-order valence-electron chi connectivity index (χ4n) is 5.36. The molecule has 2 N–H and O–H groups in total. The van der Waals surface area contributed by atoms with Gasteiger partial charge in [0, 0.05) is 17.8 Å². The van der Waals surface area contributed by atoms with E-state index in [-0.39, 0.29) is 76.0 Å². The maximum atomic E-state index is 15.0. The lowest BCUT2D eigenvalue weighted by Crippen LogP contribution is -2.32. The summed E-state index contributed by atoms with van der Waals surface area (Å²) in [5.41, 5.74) is -5.27. The minimum absolute atomic E-state index is 0.0394. The van der Waals surface area contributed by atoms with Crippen molar-refractivity contribution in [2.24, 2.45) is 0 Å². The number of hydrogen-bond donors (Lipinski definition) is 2. The summed E-state index contributed by atoms with van der Waals surface area (Å²) in [6, 6.07) is 5.15. The van der Waals surface area contributed by atoms with Gasteiger partial charge in [-0.05, 0) is 62.1 Å². The summed E-state index contributed by atoms with van der Waals surface area (Å²) in [5.74, 6) is -3.12. The molecule has 49 heavy (non-hydrogen) atoms. The molecule has 2 aliphatic rings. The van der Waals surface area contributed by atoms with E-state index in [1.165, 1.54) is 12.3 Å². The molecule has 2 aromatic carbocycles. The van der Waals surface area contributed by atoms with Gasteiger partial charge in [-0.3, -0.25) is 4.72 Å². The Labute approximate surface area is 277 Å². The van der Waals surface area contributed by atoms with Crippen molar-refractivity contribution < 1.29 is 52.0 Å². The predicted octanol–water partition coefficient (Wildman–Crippen LogP) is 6.95. The van der Waals surface area contributed by atoms with E-state index < -0.39 is 65.4 Å². The van der Waals surface area contributed by atoms with Gasteiger partial charge in [0.05, 0.1) is 39.0 Å². The molecule has 0 atom stereocenters. The molecule has 0 bridgehead atoms. The van der Waals surface area contributed by atoms with Crippen molar-refractivity contribution >= 4 is 42.8 Å². The third kappa shape index (κ3) is 6.94. The lowest BCUT2D eigenvalue weighted by Gasteiger charge is -2.23.